The molecule has 1 aromatic carbocycles. The van der Waals surface area contributed by atoms with Crippen LogP contribution in [0.2, 0.25) is 5.02 Å². The first kappa shape index (κ1) is 18.8. The van der Waals surface area contributed by atoms with E-state index < -0.39 is 0 Å². The van der Waals surface area contributed by atoms with Gasteiger partial charge in [-0.15, -0.1) is 0 Å². The van der Waals surface area contributed by atoms with Gasteiger partial charge >= 0.3 is 6.03 Å². The third-order valence-electron chi connectivity index (χ3n) is 3.65. The number of aliphatic hydroxyl groups excluding tert-OH is 1. The molecule has 0 aliphatic heterocycles. The number of rotatable bonds is 7. The highest BCUT2D eigenvalue weighted by atomic mass is 35.5. The zero-order valence-corrected chi connectivity index (χ0v) is 14.6. The molecule has 2 amide bonds. The summed E-state index contributed by atoms with van der Waals surface area (Å²) < 4.78 is 0. The molecule has 0 radical (unpaired) electrons. The van der Waals surface area contributed by atoms with Crippen molar-refractivity contribution in [2.75, 3.05) is 13.1 Å². The standard InChI is InChI=1S/C17H27ClN2O2/c1-12(8-13(2)21)10-19-16(22)20-11-17(3,4)14-6-5-7-15(18)9-14/h5-7,9,12-13,21H,8,10-11H2,1-4H3,(H2,19,20,22). The predicted octanol–water partition coefficient (Wildman–Crippen LogP) is 3.32. The quantitative estimate of drug-likeness (QED) is 0.719. The monoisotopic (exact) mass is 326 g/mol. The number of carbonyl (C=O) groups excluding carboxylic acids is 1. The van der Waals surface area contributed by atoms with Crippen LogP contribution < -0.4 is 10.6 Å². The van der Waals surface area contributed by atoms with Crippen LogP contribution in [0, 0.1) is 5.92 Å². The second kappa shape index (κ2) is 8.39. The van der Waals surface area contributed by atoms with E-state index >= 15 is 0 Å². The average Bonchev–Trinajstić information content (AvgIpc) is 2.42. The maximum Gasteiger partial charge on any atom is 0.314 e. The van der Waals surface area contributed by atoms with Crippen LogP contribution in [0.3, 0.4) is 0 Å². The van der Waals surface area contributed by atoms with Gasteiger partial charge in [-0.25, -0.2) is 4.79 Å². The lowest BCUT2D eigenvalue weighted by molar-refractivity contribution is 0.163. The Labute approximate surface area is 138 Å². The van der Waals surface area contributed by atoms with E-state index in [0.29, 0.717) is 24.5 Å². The summed E-state index contributed by atoms with van der Waals surface area (Å²) in [5.41, 5.74) is 0.885. The summed E-state index contributed by atoms with van der Waals surface area (Å²) >= 11 is 6.02. The highest BCUT2D eigenvalue weighted by Gasteiger charge is 2.21. The molecule has 2 atom stereocenters. The lowest BCUT2D eigenvalue weighted by atomic mass is 9.85. The van der Waals surface area contributed by atoms with Gasteiger partial charge in [0.05, 0.1) is 6.10 Å². The van der Waals surface area contributed by atoms with Crippen LogP contribution in [0.4, 0.5) is 4.79 Å². The van der Waals surface area contributed by atoms with Crippen molar-refractivity contribution in [3.8, 4) is 0 Å². The van der Waals surface area contributed by atoms with Crippen LogP contribution in [0.5, 0.6) is 0 Å². The number of benzene rings is 1. The summed E-state index contributed by atoms with van der Waals surface area (Å²) in [4.78, 5) is 11.9. The minimum atomic E-state index is -0.346. The normalized spacial score (nSPS) is 14.3. The number of carbonyl (C=O) groups is 1. The molecule has 4 nitrogen and oxygen atoms in total. The molecule has 0 bridgehead atoms. The molecule has 0 heterocycles. The Hall–Kier alpha value is -1.26. The van der Waals surface area contributed by atoms with E-state index in [-0.39, 0.29) is 23.5 Å². The molecule has 22 heavy (non-hydrogen) atoms. The van der Waals surface area contributed by atoms with Crippen molar-refractivity contribution < 1.29 is 9.90 Å². The SMILES string of the molecule is CC(O)CC(C)CNC(=O)NCC(C)(C)c1cccc(Cl)c1. The molecule has 0 aliphatic carbocycles. The number of halogens is 1. The second-order valence-corrected chi connectivity index (χ2v) is 7.08. The maximum absolute atomic E-state index is 11.9. The molecule has 0 aromatic heterocycles. The van der Waals surface area contributed by atoms with Crippen LogP contribution in [-0.2, 0) is 5.41 Å². The van der Waals surface area contributed by atoms with E-state index in [9.17, 15) is 9.90 Å². The van der Waals surface area contributed by atoms with Crippen molar-refractivity contribution in [3.63, 3.8) is 0 Å². The maximum atomic E-state index is 11.9. The van der Waals surface area contributed by atoms with Gasteiger partial charge in [0.25, 0.3) is 0 Å². The third kappa shape index (κ3) is 6.67. The van der Waals surface area contributed by atoms with Gasteiger partial charge in [-0.05, 0) is 37.0 Å². The average molecular weight is 327 g/mol. The Morgan fingerprint density at radius 3 is 2.59 bits per heavy atom. The summed E-state index contributed by atoms with van der Waals surface area (Å²) in [7, 11) is 0. The number of nitrogens with one attached hydrogen (secondary N) is 2. The zero-order chi connectivity index (χ0) is 16.8. The Morgan fingerprint density at radius 2 is 2.00 bits per heavy atom. The molecule has 5 heteroatoms. The highest BCUT2D eigenvalue weighted by molar-refractivity contribution is 6.30. The van der Waals surface area contributed by atoms with E-state index in [0.717, 1.165) is 5.56 Å². The molecule has 1 rings (SSSR count). The first-order valence-electron chi connectivity index (χ1n) is 7.66. The molecule has 0 fully saturated rings. The Bertz CT molecular complexity index is 489. The lowest BCUT2D eigenvalue weighted by Gasteiger charge is -2.26. The van der Waals surface area contributed by atoms with E-state index in [1.54, 1.807) is 6.92 Å². The number of amides is 2. The Kier molecular flexibility index (Phi) is 7.17. The summed E-state index contributed by atoms with van der Waals surface area (Å²) in [6.07, 6.45) is 0.329. The van der Waals surface area contributed by atoms with E-state index in [4.69, 9.17) is 11.6 Å². The predicted molar refractivity (Wildman–Crippen MR) is 91.3 cm³/mol. The summed E-state index contributed by atoms with van der Waals surface area (Å²) in [5, 5.41) is 15.7. The fraction of sp³-hybridized carbons (Fsp3) is 0.588. The molecule has 2 unspecified atom stereocenters. The van der Waals surface area contributed by atoms with Gasteiger partial charge in [-0.2, -0.15) is 0 Å². The molecule has 0 saturated heterocycles. The Morgan fingerprint density at radius 1 is 1.32 bits per heavy atom. The van der Waals surface area contributed by atoms with Crippen LogP contribution in [0.15, 0.2) is 24.3 Å². The third-order valence-corrected chi connectivity index (χ3v) is 3.89. The largest absolute Gasteiger partial charge is 0.393 e. The molecule has 1 aromatic rings. The number of hydrogen-bond donors (Lipinski definition) is 3. The number of urea groups is 1. The summed E-state index contributed by atoms with van der Waals surface area (Å²) in [5.74, 6) is 0.242. The minimum absolute atomic E-state index is 0.187. The number of aliphatic hydroxyl groups is 1. The molecule has 124 valence electrons. The molecular formula is C17H27ClN2O2. The van der Waals surface area contributed by atoms with Gasteiger partial charge in [0, 0.05) is 23.5 Å². The molecule has 3 N–H and O–H groups in total. The highest BCUT2D eigenvalue weighted by Crippen LogP contribution is 2.24. The van der Waals surface area contributed by atoms with Gasteiger partial charge in [0.15, 0.2) is 0 Å². The number of hydrogen-bond acceptors (Lipinski definition) is 2. The van der Waals surface area contributed by atoms with E-state index in [2.05, 4.69) is 24.5 Å². The van der Waals surface area contributed by atoms with Gasteiger partial charge in [0.2, 0.25) is 0 Å². The van der Waals surface area contributed by atoms with Crippen molar-refractivity contribution in [2.24, 2.45) is 5.92 Å². The van der Waals surface area contributed by atoms with Gasteiger partial charge in [-0.1, -0.05) is 44.5 Å². The van der Waals surface area contributed by atoms with Crippen molar-refractivity contribution in [1.82, 2.24) is 10.6 Å². The minimum Gasteiger partial charge on any atom is -0.393 e. The van der Waals surface area contributed by atoms with Crippen LogP contribution >= 0.6 is 11.6 Å². The fourth-order valence-corrected chi connectivity index (χ4v) is 2.50. The van der Waals surface area contributed by atoms with Crippen molar-refractivity contribution in [3.05, 3.63) is 34.9 Å². The van der Waals surface area contributed by atoms with Gasteiger partial charge in [-0.3, -0.25) is 0 Å². The zero-order valence-electron chi connectivity index (χ0n) is 13.8. The fourth-order valence-electron chi connectivity index (χ4n) is 2.31. The first-order chi connectivity index (χ1) is 10.2. The van der Waals surface area contributed by atoms with Crippen molar-refractivity contribution >= 4 is 17.6 Å². The van der Waals surface area contributed by atoms with Gasteiger partial charge < -0.3 is 15.7 Å². The summed E-state index contributed by atoms with van der Waals surface area (Å²) in [6, 6.07) is 7.50. The van der Waals surface area contributed by atoms with E-state index in [1.807, 2.05) is 31.2 Å². The lowest BCUT2D eigenvalue weighted by Crippen LogP contribution is -2.43. The van der Waals surface area contributed by atoms with Gasteiger partial charge in [0.1, 0.15) is 0 Å². The first-order valence-corrected chi connectivity index (χ1v) is 8.04. The Balaban J connectivity index is 2.42. The smallest absolute Gasteiger partial charge is 0.314 e. The van der Waals surface area contributed by atoms with Crippen molar-refractivity contribution in [2.45, 2.75) is 45.6 Å². The second-order valence-electron chi connectivity index (χ2n) is 6.65. The van der Waals surface area contributed by atoms with Crippen LogP contribution in [-0.4, -0.2) is 30.3 Å². The van der Waals surface area contributed by atoms with Crippen molar-refractivity contribution in [1.29, 1.82) is 0 Å². The van der Waals surface area contributed by atoms with Crippen LogP contribution in [0.25, 0.3) is 0 Å². The molecule has 0 saturated carbocycles. The molecular weight excluding hydrogens is 300 g/mol. The topological polar surface area (TPSA) is 61.4 Å². The molecule has 0 spiro atoms. The van der Waals surface area contributed by atoms with E-state index in [1.165, 1.54) is 0 Å². The summed E-state index contributed by atoms with van der Waals surface area (Å²) in [6.45, 7) is 8.95. The molecule has 0 aliphatic rings. The van der Waals surface area contributed by atoms with Crippen LogP contribution in [0.1, 0.15) is 39.7 Å².